The van der Waals surface area contributed by atoms with Crippen LogP contribution in [0.1, 0.15) is 5.56 Å². The fourth-order valence-electron chi connectivity index (χ4n) is 1.60. The Hall–Kier alpha value is -2.97. The maximum Gasteiger partial charge on any atom is 0.416 e. The highest BCUT2D eigenvalue weighted by atomic mass is 19.4. The number of hydrogen-bond acceptors (Lipinski definition) is 5. The molecule has 0 aliphatic heterocycles. The Morgan fingerprint density at radius 2 is 1.82 bits per heavy atom. The minimum absolute atomic E-state index is 0.0998. The number of hydrogen-bond donors (Lipinski definition) is 1. The quantitative estimate of drug-likeness (QED) is 0.504. The number of nitro groups is 1. The molecule has 0 atom stereocenters. The van der Waals surface area contributed by atoms with Crippen molar-refractivity contribution < 1.29 is 23.2 Å². The van der Waals surface area contributed by atoms with Crippen LogP contribution in [0, 0.1) is 10.1 Å². The van der Waals surface area contributed by atoms with Crippen LogP contribution in [-0.4, -0.2) is 10.0 Å². The molecule has 0 bridgehead atoms. The van der Waals surface area contributed by atoms with Gasteiger partial charge in [-0.3, -0.25) is 10.1 Å². The lowest BCUT2D eigenvalue weighted by molar-refractivity contribution is -0.384. The van der Waals surface area contributed by atoms with Crippen LogP contribution in [-0.2, 0) is 6.18 Å². The molecule has 0 unspecified atom stereocenters. The second-order valence-electron chi connectivity index (χ2n) is 4.18. The minimum atomic E-state index is -4.52. The fraction of sp³-hybridized carbons (Fsp3) is 0.0769. The van der Waals surface area contributed by atoms with E-state index in [1.54, 1.807) is 0 Å². The summed E-state index contributed by atoms with van der Waals surface area (Å²) >= 11 is 0. The summed E-state index contributed by atoms with van der Waals surface area (Å²) in [6.45, 7) is 0. The van der Waals surface area contributed by atoms with Crippen LogP contribution in [0.4, 0.5) is 30.2 Å². The number of nitro benzene ring substituents is 1. The molecule has 0 spiro atoms. The van der Waals surface area contributed by atoms with Crippen LogP contribution in [0.5, 0.6) is 5.75 Å². The summed E-state index contributed by atoms with van der Waals surface area (Å²) in [5, 5.41) is 27.1. The molecule has 0 heterocycles. The number of benzene rings is 2. The molecular weight excluding hydrogens is 303 g/mol. The lowest BCUT2D eigenvalue weighted by Gasteiger charge is -2.05. The number of phenols is 1. The third-order valence-electron chi connectivity index (χ3n) is 2.60. The van der Waals surface area contributed by atoms with Crippen molar-refractivity contribution in [2.24, 2.45) is 10.2 Å². The first kappa shape index (κ1) is 15.4. The molecule has 0 aromatic heterocycles. The van der Waals surface area contributed by atoms with Gasteiger partial charge in [0.05, 0.1) is 22.2 Å². The number of aromatic hydroxyl groups is 1. The zero-order valence-corrected chi connectivity index (χ0v) is 10.8. The molecule has 6 nitrogen and oxygen atoms in total. The Balaban J connectivity index is 2.35. The number of rotatable bonds is 3. The van der Waals surface area contributed by atoms with Crippen molar-refractivity contribution in [2.75, 3.05) is 0 Å². The van der Waals surface area contributed by atoms with E-state index >= 15 is 0 Å². The summed E-state index contributed by atoms with van der Waals surface area (Å²) in [4.78, 5) is 10.0. The van der Waals surface area contributed by atoms with Crippen LogP contribution in [0.2, 0.25) is 0 Å². The summed E-state index contributed by atoms with van der Waals surface area (Å²) < 4.78 is 37.7. The van der Waals surface area contributed by atoms with Crippen molar-refractivity contribution in [2.45, 2.75) is 6.18 Å². The van der Waals surface area contributed by atoms with Gasteiger partial charge in [-0.05, 0) is 30.3 Å². The lowest BCUT2D eigenvalue weighted by Crippen LogP contribution is -2.03. The van der Waals surface area contributed by atoms with Gasteiger partial charge in [0.2, 0.25) is 0 Å². The third kappa shape index (κ3) is 3.57. The third-order valence-corrected chi connectivity index (χ3v) is 2.60. The van der Waals surface area contributed by atoms with E-state index in [0.717, 1.165) is 36.4 Å². The molecular formula is C13H8F3N3O3. The van der Waals surface area contributed by atoms with E-state index in [0.29, 0.717) is 0 Å². The monoisotopic (exact) mass is 311 g/mol. The van der Waals surface area contributed by atoms with Gasteiger partial charge >= 0.3 is 6.18 Å². The molecule has 0 saturated heterocycles. The van der Waals surface area contributed by atoms with Crippen LogP contribution in [0.15, 0.2) is 52.7 Å². The van der Waals surface area contributed by atoms with Crippen LogP contribution < -0.4 is 0 Å². The van der Waals surface area contributed by atoms with E-state index in [9.17, 15) is 28.4 Å². The maximum atomic E-state index is 12.6. The molecule has 2 rings (SSSR count). The number of alkyl halides is 3. The summed E-state index contributed by atoms with van der Waals surface area (Å²) in [5.41, 5.74) is -1.68. The molecule has 0 aliphatic rings. The van der Waals surface area contributed by atoms with Gasteiger partial charge in [0.1, 0.15) is 5.75 Å². The predicted octanol–water partition coefficient (Wildman–Crippen LogP) is 4.73. The Morgan fingerprint density at radius 3 is 2.45 bits per heavy atom. The van der Waals surface area contributed by atoms with Gasteiger partial charge in [0.25, 0.3) is 5.69 Å². The largest absolute Gasteiger partial charge is 0.508 e. The Kier molecular flexibility index (Phi) is 4.06. The highest BCUT2D eigenvalue weighted by Gasteiger charge is 2.30. The van der Waals surface area contributed by atoms with Crippen molar-refractivity contribution in [3.05, 3.63) is 58.1 Å². The van der Waals surface area contributed by atoms with Gasteiger partial charge < -0.3 is 5.11 Å². The van der Waals surface area contributed by atoms with E-state index in [1.165, 1.54) is 6.07 Å². The number of azo groups is 1. The van der Waals surface area contributed by atoms with E-state index in [1.807, 2.05) is 0 Å². The Labute approximate surface area is 121 Å². The summed E-state index contributed by atoms with van der Waals surface area (Å²) in [6, 6.07) is 7.27. The predicted molar refractivity (Wildman–Crippen MR) is 70.4 cm³/mol. The standard InChI is InChI=1S/C13H8F3N3O3/c14-13(15,16)8-2-1-3-9(6-8)17-18-11-5-4-10(20)7-12(11)19(21)22/h1-7,20H. The second kappa shape index (κ2) is 5.80. The minimum Gasteiger partial charge on any atom is -0.508 e. The van der Waals surface area contributed by atoms with Gasteiger partial charge in [-0.15, -0.1) is 5.11 Å². The zero-order chi connectivity index (χ0) is 16.3. The van der Waals surface area contributed by atoms with Crippen molar-refractivity contribution in [1.29, 1.82) is 0 Å². The first-order valence-electron chi connectivity index (χ1n) is 5.84. The molecule has 0 fully saturated rings. The van der Waals surface area contributed by atoms with Crippen LogP contribution in [0.25, 0.3) is 0 Å². The molecule has 0 saturated carbocycles. The average Bonchev–Trinajstić information content (AvgIpc) is 2.45. The molecule has 22 heavy (non-hydrogen) atoms. The summed E-state index contributed by atoms with van der Waals surface area (Å²) in [6.07, 6.45) is -4.52. The molecule has 1 N–H and O–H groups in total. The normalized spacial score (nSPS) is 11.8. The molecule has 0 amide bonds. The molecule has 2 aromatic carbocycles. The highest BCUT2D eigenvalue weighted by molar-refractivity contribution is 5.59. The van der Waals surface area contributed by atoms with E-state index in [4.69, 9.17) is 0 Å². The lowest BCUT2D eigenvalue weighted by atomic mass is 10.2. The fourth-order valence-corrected chi connectivity index (χ4v) is 1.60. The van der Waals surface area contributed by atoms with Gasteiger partial charge in [-0.25, -0.2) is 0 Å². The van der Waals surface area contributed by atoms with Crippen molar-refractivity contribution >= 4 is 17.1 Å². The maximum absolute atomic E-state index is 12.6. The Bertz CT molecular complexity index is 745. The first-order valence-corrected chi connectivity index (χ1v) is 5.84. The average molecular weight is 311 g/mol. The molecule has 0 radical (unpaired) electrons. The van der Waals surface area contributed by atoms with Gasteiger partial charge in [0, 0.05) is 0 Å². The summed E-state index contributed by atoms with van der Waals surface area (Å²) in [7, 11) is 0. The molecule has 2 aromatic rings. The van der Waals surface area contributed by atoms with Crippen molar-refractivity contribution in [3.63, 3.8) is 0 Å². The van der Waals surface area contributed by atoms with E-state index in [2.05, 4.69) is 10.2 Å². The molecule has 0 aliphatic carbocycles. The van der Waals surface area contributed by atoms with Gasteiger partial charge in [0.15, 0.2) is 5.69 Å². The van der Waals surface area contributed by atoms with Crippen molar-refractivity contribution in [3.8, 4) is 5.75 Å². The highest BCUT2D eigenvalue weighted by Crippen LogP contribution is 2.34. The molecule has 9 heteroatoms. The SMILES string of the molecule is O=[N+]([O-])c1cc(O)ccc1N=Nc1cccc(C(F)(F)F)c1. The Morgan fingerprint density at radius 1 is 1.09 bits per heavy atom. The van der Waals surface area contributed by atoms with Gasteiger partial charge in [-0.1, -0.05) is 6.07 Å². The van der Waals surface area contributed by atoms with Crippen LogP contribution in [0.3, 0.4) is 0 Å². The van der Waals surface area contributed by atoms with E-state index in [-0.39, 0.29) is 17.1 Å². The number of nitrogens with zero attached hydrogens (tertiary/aromatic N) is 3. The first-order chi connectivity index (χ1) is 10.3. The molecule has 114 valence electrons. The van der Waals surface area contributed by atoms with Crippen LogP contribution >= 0.6 is 0 Å². The van der Waals surface area contributed by atoms with Gasteiger partial charge in [-0.2, -0.15) is 18.3 Å². The number of halogens is 3. The van der Waals surface area contributed by atoms with Crippen molar-refractivity contribution in [1.82, 2.24) is 0 Å². The van der Waals surface area contributed by atoms with E-state index < -0.39 is 22.4 Å². The smallest absolute Gasteiger partial charge is 0.416 e. The second-order valence-corrected chi connectivity index (χ2v) is 4.18. The zero-order valence-electron chi connectivity index (χ0n) is 10.8. The number of phenolic OH excluding ortho intramolecular Hbond substituents is 1. The topological polar surface area (TPSA) is 88.1 Å². The summed E-state index contributed by atoms with van der Waals surface area (Å²) in [5.74, 6) is -0.329.